The van der Waals surface area contributed by atoms with Crippen LogP contribution < -0.4 is 4.90 Å². The summed E-state index contributed by atoms with van der Waals surface area (Å²) in [6, 6.07) is 29.7. The van der Waals surface area contributed by atoms with E-state index < -0.39 is 0 Å². The molecule has 0 spiro atoms. The van der Waals surface area contributed by atoms with Gasteiger partial charge in [-0.05, 0) is 34.7 Å². The van der Waals surface area contributed by atoms with Crippen molar-refractivity contribution in [2.24, 2.45) is 0 Å². The molecule has 1 aliphatic heterocycles. The first-order valence-electron chi connectivity index (χ1n) is 9.67. The van der Waals surface area contributed by atoms with E-state index in [-0.39, 0.29) is 0 Å². The van der Waals surface area contributed by atoms with E-state index in [1.165, 1.54) is 22.3 Å². The molecule has 3 aromatic carbocycles. The minimum absolute atomic E-state index is 0.805. The molecule has 2 heterocycles. The average molecular weight is 363 g/mol. The lowest BCUT2D eigenvalue weighted by Gasteiger charge is -2.28. The summed E-state index contributed by atoms with van der Waals surface area (Å²) in [4.78, 5) is 11.7. The van der Waals surface area contributed by atoms with E-state index in [0.29, 0.717) is 0 Å². The highest BCUT2D eigenvalue weighted by Gasteiger charge is 2.18. The highest BCUT2D eigenvalue weighted by Crippen LogP contribution is 2.26. The largest absolute Gasteiger partial charge is 0.336 e. The Bertz CT molecular complexity index is 1090. The van der Waals surface area contributed by atoms with Crippen molar-refractivity contribution in [1.82, 2.24) is 9.97 Å². The van der Waals surface area contributed by atoms with Gasteiger partial charge in [-0.1, -0.05) is 78.9 Å². The van der Waals surface area contributed by atoms with Crippen molar-refractivity contribution in [3.8, 4) is 22.4 Å². The van der Waals surface area contributed by atoms with Gasteiger partial charge >= 0.3 is 0 Å². The van der Waals surface area contributed by atoms with E-state index in [4.69, 9.17) is 4.98 Å². The van der Waals surface area contributed by atoms with E-state index in [2.05, 4.69) is 82.7 Å². The smallest absolute Gasteiger partial charge is 0.226 e. The molecular formula is C25H21N3. The molecule has 0 fully saturated rings. The van der Waals surface area contributed by atoms with Gasteiger partial charge in [0.2, 0.25) is 5.95 Å². The lowest BCUT2D eigenvalue weighted by atomic mass is 10.0. The predicted octanol–water partition coefficient (Wildman–Crippen LogP) is 5.37. The number of hydrogen-bond donors (Lipinski definition) is 0. The maximum atomic E-state index is 4.86. The van der Waals surface area contributed by atoms with Crippen LogP contribution in [0.2, 0.25) is 0 Å². The third-order valence-corrected chi connectivity index (χ3v) is 5.34. The minimum atomic E-state index is 0.805. The Kier molecular flexibility index (Phi) is 4.34. The van der Waals surface area contributed by atoms with Gasteiger partial charge in [0.05, 0.1) is 5.69 Å². The van der Waals surface area contributed by atoms with Crippen LogP contribution in [0.1, 0.15) is 11.1 Å². The summed E-state index contributed by atoms with van der Waals surface area (Å²) in [7, 11) is 0. The van der Waals surface area contributed by atoms with Gasteiger partial charge in [-0.15, -0.1) is 0 Å². The third kappa shape index (κ3) is 3.27. The second-order valence-electron chi connectivity index (χ2n) is 7.13. The van der Waals surface area contributed by atoms with Gasteiger partial charge in [-0.2, -0.15) is 0 Å². The van der Waals surface area contributed by atoms with Crippen LogP contribution in [-0.2, 0) is 13.0 Å². The van der Waals surface area contributed by atoms with Crippen molar-refractivity contribution in [3.63, 3.8) is 0 Å². The predicted molar refractivity (Wildman–Crippen MR) is 114 cm³/mol. The zero-order valence-corrected chi connectivity index (χ0v) is 15.6. The summed E-state index contributed by atoms with van der Waals surface area (Å²) in [5, 5.41) is 0. The van der Waals surface area contributed by atoms with Crippen molar-refractivity contribution in [2.75, 3.05) is 11.4 Å². The van der Waals surface area contributed by atoms with Gasteiger partial charge in [-0.3, -0.25) is 0 Å². The maximum Gasteiger partial charge on any atom is 0.226 e. The Hall–Kier alpha value is -3.46. The molecular weight excluding hydrogens is 342 g/mol. The summed E-state index contributed by atoms with van der Waals surface area (Å²) >= 11 is 0. The summed E-state index contributed by atoms with van der Waals surface area (Å²) < 4.78 is 0. The first-order chi connectivity index (χ1) is 13.9. The fraction of sp³-hybridized carbons (Fsp3) is 0.120. The number of anilines is 1. The molecule has 0 saturated carbocycles. The highest BCUT2D eigenvalue weighted by atomic mass is 15.2. The van der Waals surface area contributed by atoms with Gasteiger partial charge in [0, 0.05) is 24.8 Å². The second-order valence-corrected chi connectivity index (χ2v) is 7.13. The third-order valence-electron chi connectivity index (χ3n) is 5.34. The molecule has 4 aromatic rings. The molecule has 0 N–H and O–H groups in total. The van der Waals surface area contributed by atoms with Crippen LogP contribution in [-0.4, -0.2) is 16.5 Å². The van der Waals surface area contributed by atoms with Gasteiger partial charge < -0.3 is 4.90 Å². The van der Waals surface area contributed by atoms with Crippen LogP contribution in [0.4, 0.5) is 5.95 Å². The normalized spacial score (nSPS) is 13.2. The Labute approximate surface area is 165 Å². The number of hydrogen-bond acceptors (Lipinski definition) is 3. The first kappa shape index (κ1) is 16.7. The fourth-order valence-corrected chi connectivity index (χ4v) is 3.79. The maximum absolute atomic E-state index is 4.86. The zero-order chi connectivity index (χ0) is 18.8. The molecule has 0 atom stereocenters. The van der Waals surface area contributed by atoms with E-state index in [9.17, 15) is 0 Å². The zero-order valence-electron chi connectivity index (χ0n) is 15.6. The molecule has 0 bridgehead atoms. The van der Waals surface area contributed by atoms with Crippen molar-refractivity contribution in [3.05, 3.63) is 102 Å². The van der Waals surface area contributed by atoms with Gasteiger partial charge in [0.1, 0.15) is 0 Å². The fourth-order valence-electron chi connectivity index (χ4n) is 3.79. The Morgan fingerprint density at radius 3 is 2.14 bits per heavy atom. The summed E-state index contributed by atoms with van der Waals surface area (Å²) in [5.41, 5.74) is 7.32. The lowest BCUT2D eigenvalue weighted by Crippen LogP contribution is -2.31. The second kappa shape index (κ2) is 7.28. The van der Waals surface area contributed by atoms with Crippen LogP contribution in [0, 0.1) is 0 Å². The number of fused-ring (bicyclic) bond motifs is 1. The number of aromatic nitrogens is 2. The topological polar surface area (TPSA) is 29.0 Å². The molecule has 0 saturated heterocycles. The van der Waals surface area contributed by atoms with Gasteiger partial charge in [0.25, 0.3) is 0 Å². The van der Waals surface area contributed by atoms with Crippen LogP contribution >= 0.6 is 0 Å². The summed E-state index contributed by atoms with van der Waals surface area (Å²) in [6.07, 6.45) is 2.90. The molecule has 1 aliphatic rings. The molecule has 3 heteroatoms. The number of rotatable bonds is 3. The van der Waals surface area contributed by atoms with Gasteiger partial charge in [-0.25, -0.2) is 9.97 Å². The SMILES string of the molecule is c1ccc(-c2ccc(-c3ccnc(N4CCc5ccccc5C4)n3)cc2)cc1. The quantitative estimate of drug-likeness (QED) is 0.490. The van der Waals surface area contributed by atoms with Crippen LogP contribution in [0.5, 0.6) is 0 Å². The minimum Gasteiger partial charge on any atom is -0.336 e. The summed E-state index contributed by atoms with van der Waals surface area (Å²) in [5.74, 6) is 0.805. The molecule has 28 heavy (non-hydrogen) atoms. The standard InChI is InChI=1S/C25H21N3/c1-2-6-19(7-3-1)21-10-12-22(13-11-21)24-14-16-26-25(27-24)28-17-15-20-8-4-5-9-23(20)18-28/h1-14,16H,15,17-18H2. The van der Waals surface area contributed by atoms with Crippen LogP contribution in [0.15, 0.2) is 91.1 Å². The molecule has 0 aliphatic carbocycles. The lowest BCUT2D eigenvalue weighted by molar-refractivity contribution is 0.708. The highest BCUT2D eigenvalue weighted by molar-refractivity contribution is 5.69. The van der Waals surface area contributed by atoms with Crippen molar-refractivity contribution in [2.45, 2.75) is 13.0 Å². The Balaban J connectivity index is 1.40. The van der Waals surface area contributed by atoms with Gasteiger partial charge in [0.15, 0.2) is 0 Å². The monoisotopic (exact) mass is 363 g/mol. The van der Waals surface area contributed by atoms with E-state index >= 15 is 0 Å². The number of benzene rings is 3. The van der Waals surface area contributed by atoms with E-state index in [1.54, 1.807) is 0 Å². The van der Waals surface area contributed by atoms with Crippen molar-refractivity contribution in [1.29, 1.82) is 0 Å². The Morgan fingerprint density at radius 2 is 1.32 bits per heavy atom. The number of nitrogens with zero attached hydrogens (tertiary/aromatic N) is 3. The van der Waals surface area contributed by atoms with Crippen molar-refractivity contribution >= 4 is 5.95 Å². The molecule has 5 rings (SSSR count). The molecule has 3 nitrogen and oxygen atoms in total. The van der Waals surface area contributed by atoms with E-state index in [1.807, 2.05) is 18.3 Å². The first-order valence-corrected chi connectivity index (χ1v) is 9.67. The summed E-state index contributed by atoms with van der Waals surface area (Å²) in [6.45, 7) is 1.82. The molecule has 0 amide bonds. The van der Waals surface area contributed by atoms with Crippen molar-refractivity contribution < 1.29 is 0 Å². The van der Waals surface area contributed by atoms with Crippen LogP contribution in [0.3, 0.4) is 0 Å². The Morgan fingerprint density at radius 1 is 0.643 bits per heavy atom. The van der Waals surface area contributed by atoms with E-state index in [0.717, 1.165) is 36.7 Å². The molecule has 136 valence electrons. The molecule has 0 unspecified atom stereocenters. The molecule has 0 radical (unpaired) electrons. The molecule has 1 aromatic heterocycles. The average Bonchev–Trinajstić information content (AvgIpc) is 2.79. The van der Waals surface area contributed by atoms with Crippen LogP contribution in [0.25, 0.3) is 22.4 Å².